The van der Waals surface area contributed by atoms with Gasteiger partial charge in [0.25, 0.3) is 0 Å². The van der Waals surface area contributed by atoms with Crippen LogP contribution in [0.4, 0.5) is 0 Å². The van der Waals surface area contributed by atoms with Gasteiger partial charge in [-0.15, -0.1) is 11.8 Å². The zero-order valence-corrected chi connectivity index (χ0v) is 14.2. The van der Waals surface area contributed by atoms with Crippen molar-refractivity contribution in [3.05, 3.63) is 30.3 Å². The van der Waals surface area contributed by atoms with Crippen molar-refractivity contribution in [1.29, 1.82) is 0 Å². The predicted molar refractivity (Wildman–Crippen MR) is 91.9 cm³/mol. The second-order valence-electron chi connectivity index (χ2n) is 6.78. The van der Waals surface area contributed by atoms with Gasteiger partial charge in [-0.3, -0.25) is 4.90 Å². The number of thioether (sulfide) groups is 1. The maximum atomic E-state index is 3.81. The van der Waals surface area contributed by atoms with Gasteiger partial charge in [-0.05, 0) is 44.2 Å². The van der Waals surface area contributed by atoms with Crippen molar-refractivity contribution in [1.82, 2.24) is 10.2 Å². The molecule has 0 spiro atoms. The molecule has 116 valence electrons. The summed E-state index contributed by atoms with van der Waals surface area (Å²) in [7, 11) is 0. The fourth-order valence-electron chi connectivity index (χ4n) is 3.30. The van der Waals surface area contributed by atoms with Gasteiger partial charge >= 0.3 is 0 Å². The first kappa shape index (κ1) is 15.4. The molecule has 1 saturated heterocycles. The average Bonchev–Trinajstić information content (AvgIpc) is 3.35. The Bertz CT molecular complexity index is 446. The van der Waals surface area contributed by atoms with Crippen molar-refractivity contribution < 1.29 is 0 Å². The molecule has 2 nitrogen and oxygen atoms in total. The van der Waals surface area contributed by atoms with Crippen LogP contribution in [0.1, 0.15) is 33.1 Å². The lowest BCUT2D eigenvalue weighted by Gasteiger charge is -2.48. The molecule has 1 aromatic carbocycles. The summed E-state index contributed by atoms with van der Waals surface area (Å²) in [6.45, 7) is 8.35. The molecule has 2 unspecified atom stereocenters. The minimum Gasteiger partial charge on any atom is -0.311 e. The van der Waals surface area contributed by atoms with Crippen LogP contribution in [-0.2, 0) is 0 Å². The zero-order valence-electron chi connectivity index (χ0n) is 13.3. The third-order valence-electron chi connectivity index (χ3n) is 5.25. The Morgan fingerprint density at radius 2 is 2.05 bits per heavy atom. The number of nitrogens with zero attached hydrogens (tertiary/aromatic N) is 1. The number of benzene rings is 1. The van der Waals surface area contributed by atoms with E-state index in [0.717, 1.165) is 18.5 Å². The van der Waals surface area contributed by atoms with Gasteiger partial charge in [0.2, 0.25) is 0 Å². The third kappa shape index (κ3) is 3.82. The Morgan fingerprint density at radius 1 is 1.29 bits per heavy atom. The van der Waals surface area contributed by atoms with Crippen LogP contribution in [0.25, 0.3) is 0 Å². The van der Waals surface area contributed by atoms with Gasteiger partial charge in [-0.25, -0.2) is 0 Å². The Hall–Kier alpha value is -0.510. The molecule has 1 heterocycles. The van der Waals surface area contributed by atoms with Gasteiger partial charge in [0, 0.05) is 41.9 Å². The molecule has 1 aliphatic heterocycles. The van der Waals surface area contributed by atoms with Gasteiger partial charge in [0.15, 0.2) is 0 Å². The van der Waals surface area contributed by atoms with Crippen LogP contribution in [0.5, 0.6) is 0 Å². The molecular formula is C18H28N2S. The molecular weight excluding hydrogens is 276 g/mol. The number of hydrogen-bond acceptors (Lipinski definition) is 3. The zero-order chi connectivity index (χ0) is 14.7. The van der Waals surface area contributed by atoms with Crippen molar-refractivity contribution in [2.45, 2.75) is 49.6 Å². The third-order valence-corrected chi connectivity index (χ3v) is 6.24. The van der Waals surface area contributed by atoms with Gasteiger partial charge < -0.3 is 5.32 Å². The molecule has 1 aromatic rings. The predicted octanol–water partition coefficient (Wildman–Crippen LogP) is 3.63. The largest absolute Gasteiger partial charge is 0.311 e. The SMILES string of the molecule is CCC1(C)CNC(C2CC2)CN1CCSc1ccccc1. The minimum absolute atomic E-state index is 0.336. The highest BCUT2D eigenvalue weighted by molar-refractivity contribution is 7.99. The molecule has 2 atom stereocenters. The summed E-state index contributed by atoms with van der Waals surface area (Å²) in [6, 6.07) is 11.5. The molecule has 3 heteroatoms. The first-order valence-electron chi connectivity index (χ1n) is 8.37. The normalized spacial score (nSPS) is 30.5. The fourth-order valence-corrected chi connectivity index (χ4v) is 4.20. The standard InChI is InChI=1S/C18H28N2S/c1-3-18(2)14-19-17(15-9-10-15)13-20(18)11-12-21-16-7-5-4-6-8-16/h4-8,15,17,19H,3,9-14H2,1-2H3. The van der Waals surface area contributed by atoms with Crippen LogP contribution in [0.2, 0.25) is 0 Å². The van der Waals surface area contributed by atoms with Crippen molar-refractivity contribution in [3.8, 4) is 0 Å². The van der Waals surface area contributed by atoms with E-state index in [0.29, 0.717) is 5.54 Å². The topological polar surface area (TPSA) is 15.3 Å². The van der Waals surface area contributed by atoms with Gasteiger partial charge in [0.1, 0.15) is 0 Å². The molecule has 1 N–H and O–H groups in total. The molecule has 0 bridgehead atoms. The first-order chi connectivity index (χ1) is 10.2. The summed E-state index contributed by atoms with van der Waals surface area (Å²) in [5, 5.41) is 3.81. The van der Waals surface area contributed by atoms with Gasteiger partial charge in [-0.1, -0.05) is 25.1 Å². The summed E-state index contributed by atoms with van der Waals surface area (Å²) in [5.74, 6) is 2.15. The summed E-state index contributed by atoms with van der Waals surface area (Å²) in [4.78, 5) is 4.15. The van der Waals surface area contributed by atoms with Crippen molar-refractivity contribution in [3.63, 3.8) is 0 Å². The van der Waals surface area contributed by atoms with E-state index in [9.17, 15) is 0 Å². The van der Waals surface area contributed by atoms with Crippen molar-refractivity contribution in [2.75, 3.05) is 25.4 Å². The molecule has 3 rings (SSSR count). The van der Waals surface area contributed by atoms with Crippen LogP contribution < -0.4 is 5.32 Å². The van der Waals surface area contributed by atoms with E-state index in [1.165, 1.54) is 43.0 Å². The lowest BCUT2D eigenvalue weighted by Crippen LogP contribution is -2.63. The molecule has 1 saturated carbocycles. The van der Waals surface area contributed by atoms with E-state index in [1.807, 2.05) is 11.8 Å². The summed E-state index contributed by atoms with van der Waals surface area (Å²) >= 11 is 1.99. The quantitative estimate of drug-likeness (QED) is 0.808. The first-order valence-corrected chi connectivity index (χ1v) is 9.36. The van der Waals surface area contributed by atoms with Crippen LogP contribution in [0, 0.1) is 5.92 Å². The number of hydrogen-bond donors (Lipinski definition) is 1. The highest BCUT2D eigenvalue weighted by atomic mass is 32.2. The summed E-state index contributed by atoms with van der Waals surface area (Å²) in [5.41, 5.74) is 0.336. The molecule has 2 aliphatic rings. The smallest absolute Gasteiger partial charge is 0.0304 e. The van der Waals surface area contributed by atoms with E-state index < -0.39 is 0 Å². The summed E-state index contributed by atoms with van der Waals surface area (Å²) < 4.78 is 0. The Morgan fingerprint density at radius 3 is 2.71 bits per heavy atom. The lowest BCUT2D eigenvalue weighted by molar-refractivity contribution is 0.0503. The van der Waals surface area contributed by atoms with Crippen molar-refractivity contribution in [2.24, 2.45) is 5.92 Å². The minimum atomic E-state index is 0.336. The fraction of sp³-hybridized carbons (Fsp3) is 0.667. The van der Waals surface area contributed by atoms with E-state index in [4.69, 9.17) is 0 Å². The summed E-state index contributed by atoms with van der Waals surface area (Å²) in [6.07, 6.45) is 4.10. The number of rotatable bonds is 6. The second-order valence-corrected chi connectivity index (χ2v) is 7.95. The van der Waals surface area contributed by atoms with E-state index in [-0.39, 0.29) is 0 Å². The van der Waals surface area contributed by atoms with Gasteiger partial charge in [-0.2, -0.15) is 0 Å². The Balaban J connectivity index is 1.54. The van der Waals surface area contributed by atoms with E-state index in [2.05, 4.69) is 54.4 Å². The highest BCUT2D eigenvalue weighted by Crippen LogP contribution is 2.36. The van der Waals surface area contributed by atoms with Crippen LogP contribution in [0.15, 0.2) is 35.2 Å². The lowest BCUT2D eigenvalue weighted by atomic mass is 9.91. The molecule has 0 radical (unpaired) electrons. The molecule has 21 heavy (non-hydrogen) atoms. The highest BCUT2D eigenvalue weighted by Gasteiger charge is 2.41. The monoisotopic (exact) mass is 304 g/mol. The van der Waals surface area contributed by atoms with Crippen LogP contribution >= 0.6 is 11.8 Å². The number of piperazine rings is 1. The Labute approximate surface area is 133 Å². The van der Waals surface area contributed by atoms with Gasteiger partial charge in [0.05, 0.1) is 0 Å². The number of nitrogens with one attached hydrogen (secondary N) is 1. The van der Waals surface area contributed by atoms with Crippen molar-refractivity contribution >= 4 is 11.8 Å². The maximum Gasteiger partial charge on any atom is 0.0304 e. The van der Waals surface area contributed by atoms with E-state index >= 15 is 0 Å². The van der Waals surface area contributed by atoms with Crippen LogP contribution in [-0.4, -0.2) is 41.9 Å². The average molecular weight is 305 g/mol. The maximum absolute atomic E-state index is 3.81. The van der Waals surface area contributed by atoms with E-state index in [1.54, 1.807) is 0 Å². The molecule has 0 aromatic heterocycles. The molecule has 1 aliphatic carbocycles. The molecule has 2 fully saturated rings. The second kappa shape index (κ2) is 6.72. The molecule has 0 amide bonds. The Kier molecular flexibility index (Phi) is 4.92. The van der Waals surface area contributed by atoms with Crippen LogP contribution in [0.3, 0.4) is 0 Å².